The molecule has 0 atom stereocenters. The molecule has 1 N–H and O–H groups in total. The summed E-state index contributed by atoms with van der Waals surface area (Å²) < 4.78 is 5.66. The molecule has 0 aliphatic carbocycles. The van der Waals surface area contributed by atoms with E-state index in [0.29, 0.717) is 6.54 Å². The van der Waals surface area contributed by atoms with E-state index in [1.165, 1.54) is 5.56 Å². The Hall–Kier alpha value is -1.46. The Kier molecular flexibility index (Phi) is 3.26. The summed E-state index contributed by atoms with van der Waals surface area (Å²) in [6, 6.07) is 6.20. The van der Waals surface area contributed by atoms with Gasteiger partial charge >= 0.3 is 0 Å². The van der Waals surface area contributed by atoms with E-state index in [9.17, 15) is 0 Å². The van der Waals surface area contributed by atoms with Crippen LogP contribution in [-0.2, 0) is 6.42 Å². The average Bonchev–Trinajstić information content (AvgIpc) is 2.30. The van der Waals surface area contributed by atoms with Crippen molar-refractivity contribution in [1.29, 1.82) is 0 Å². The monoisotopic (exact) mass is 201 g/mol. The summed E-state index contributed by atoms with van der Waals surface area (Å²) in [5, 5.41) is 3.00. The number of fused-ring (bicyclic) bond motifs is 1. The normalized spacial score (nSPS) is 13.4. The first-order valence-electron chi connectivity index (χ1n) is 5.30. The van der Waals surface area contributed by atoms with Crippen LogP contribution in [0.4, 0.5) is 0 Å². The Morgan fingerprint density at radius 2 is 2.40 bits per heavy atom. The van der Waals surface area contributed by atoms with Gasteiger partial charge in [-0.3, -0.25) is 0 Å². The number of benzene rings is 1. The molecule has 78 valence electrons. The fraction of sp³-hybridized carbons (Fsp3) is 0.385. The summed E-state index contributed by atoms with van der Waals surface area (Å²) in [6.07, 6.45) is 2.22. The molecule has 2 nitrogen and oxygen atoms in total. The molecule has 15 heavy (non-hydrogen) atoms. The SMILES string of the molecule is CNCC#Cc1cccc2c1OCCC2. The standard InChI is InChI=1S/C13H15NO/c1-14-9-3-7-11-5-2-6-12-8-4-10-15-13(11)12/h2,5-6,14H,4,8-10H2,1H3. The molecule has 0 amide bonds. The first-order valence-corrected chi connectivity index (χ1v) is 5.30. The molecule has 1 heterocycles. The molecule has 0 saturated heterocycles. The van der Waals surface area contributed by atoms with Gasteiger partial charge in [0.1, 0.15) is 5.75 Å². The van der Waals surface area contributed by atoms with Gasteiger partial charge in [0.15, 0.2) is 0 Å². The zero-order chi connectivity index (χ0) is 10.5. The number of aryl methyl sites for hydroxylation is 1. The highest BCUT2D eigenvalue weighted by molar-refractivity contribution is 5.51. The zero-order valence-corrected chi connectivity index (χ0v) is 8.97. The molecule has 2 rings (SSSR count). The van der Waals surface area contributed by atoms with E-state index >= 15 is 0 Å². The van der Waals surface area contributed by atoms with Crippen LogP contribution in [0.3, 0.4) is 0 Å². The molecular weight excluding hydrogens is 186 g/mol. The van der Waals surface area contributed by atoms with Gasteiger partial charge in [0.25, 0.3) is 0 Å². The maximum atomic E-state index is 5.66. The van der Waals surface area contributed by atoms with Crippen LogP contribution in [0, 0.1) is 11.8 Å². The van der Waals surface area contributed by atoms with Gasteiger partial charge in [0, 0.05) is 0 Å². The van der Waals surface area contributed by atoms with Crippen molar-refractivity contribution >= 4 is 0 Å². The van der Waals surface area contributed by atoms with Crippen molar-refractivity contribution in [3.8, 4) is 17.6 Å². The van der Waals surface area contributed by atoms with Gasteiger partial charge < -0.3 is 10.1 Å². The van der Waals surface area contributed by atoms with E-state index in [1.807, 2.05) is 13.1 Å². The van der Waals surface area contributed by atoms with Gasteiger partial charge in [0.2, 0.25) is 0 Å². The van der Waals surface area contributed by atoms with Crippen LogP contribution in [0.15, 0.2) is 18.2 Å². The highest BCUT2D eigenvalue weighted by Crippen LogP contribution is 2.27. The van der Waals surface area contributed by atoms with Crippen LogP contribution in [0.1, 0.15) is 17.5 Å². The van der Waals surface area contributed by atoms with Crippen molar-refractivity contribution in [3.63, 3.8) is 0 Å². The van der Waals surface area contributed by atoms with Crippen LogP contribution in [0.25, 0.3) is 0 Å². The lowest BCUT2D eigenvalue weighted by Crippen LogP contribution is -2.09. The van der Waals surface area contributed by atoms with Crippen LogP contribution in [0.2, 0.25) is 0 Å². The molecule has 0 bridgehead atoms. The number of nitrogens with one attached hydrogen (secondary N) is 1. The van der Waals surface area contributed by atoms with Gasteiger partial charge in [-0.05, 0) is 31.5 Å². The second-order valence-electron chi connectivity index (χ2n) is 3.58. The Morgan fingerprint density at radius 3 is 3.27 bits per heavy atom. The molecule has 0 fully saturated rings. The molecule has 1 aliphatic heterocycles. The summed E-state index contributed by atoms with van der Waals surface area (Å²) >= 11 is 0. The number of para-hydroxylation sites is 1. The van der Waals surface area contributed by atoms with E-state index in [2.05, 4.69) is 29.3 Å². The smallest absolute Gasteiger partial charge is 0.138 e. The maximum Gasteiger partial charge on any atom is 0.138 e. The lowest BCUT2D eigenvalue weighted by Gasteiger charge is -2.18. The van der Waals surface area contributed by atoms with Gasteiger partial charge in [-0.2, -0.15) is 0 Å². The first-order chi connectivity index (χ1) is 7.42. The molecule has 0 spiro atoms. The average molecular weight is 201 g/mol. The van der Waals surface area contributed by atoms with Gasteiger partial charge in [-0.25, -0.2) is 0 Å². The molecular formula is C13H15NO. The minimum atomic E-state index is 0.712. The summed E-state index contributed by atoms with van der Waals surface area (Å²) in [4.78, 5) is 0. The second-order valence-corrected chi connectivity index (χ2v) is 3.58. The quantitative estimate of drug-likeness (QED) is 0.697. The molecule has 1 aliphatic rings. The van der Waals surface area contributed by atoms with Crippen LogP contribution >= 0.6 is 0 Å². The first kappa shape index (κ1) is 10.1. The Labute approximate surface area is 90.6 Å². The summed E-state index contributed by atoms with van der Waals surface area (Å²) in [5.74, 6) is 7.19. The molecule has 0 radical (unpaired) electrons. The topological polar surface area (TPSA) is 21.3 Å². The molecule has 0 unspecified atom stereocenters. The summed E-state index contributed by atoms with van der Waals surface area (Å²) in [7, 11) is 1.89. The minimum absolute atomic E-state index is 0.712. The minimum Gasteiger partial charge on any atom is -0.492 e. The fourth-order valence-corrected chi connectivity index (χ4v) is 1.72. The van der Waals surface area contributed by atoms with Crippen molar-refractivity contribution in [2.24, 2.45) is 0 Å². The molecule has 0 saturated carbocycles. The van der Waals surface area contributed by atoms with E-state index in [4.69, 9.17) is 4.74 Å². The van der Waals surface area contributed by atoms with Crippen LogP contribution < -0.4 is 10.1 Å². The Bertz CT molecular complexity index is 401. The predicted molar refractivity (Wildman–Crippen MR) is 61.1 cm³/mol. The third-order valence-electron chi connectivity index (χ3n) is 2.42. The zero-order valence-electron chi connectivity index (χ0n) is 8.97. The lowest BCUT2D eigenvalue weighted by atomic mass is 10.0. The second kappa shape index (κ2) is 4.86. The van der Waals surface area contributed by atoms with Crippen molar-refractivity contribution in [2.75, 3.05) is 20.2 Å². The van der Waals surface area contributed by atoms with E-state index in [1.54, 1.807) is 0 Å². The van der Waals surface area contributed by atoms with Crippen molar-refractivity contribution in [1.82, 2.24) is 5.32 Å². The third kappa shape index (κ3) is 2.31. The lowest BCUT2D eigenvalue weighted by molar-refractivity contribution is 0.287. The highest BCUT2D eigenvalue weighted by Gasteiger charge is 2.12. The Morgan fingerprint density at radius 1 is 1.47 bits per heavy atom. The molecule has 0 aromatic heterocycles. The van der Waals surface area contributed by atoms with Crippen LogP contribution in [-0.4, -0.2) is 20.2 Å². The molecule has 1 aromatic carbocycles. The third-order valence-corrected chi connectivity index (χ3v) is 2.42. The number of ether oxygens (including phenoxy) is 1. The highest BCUT2D eigenvalue weighted by atomic mass is 16.5. The van der Waals surface area contributed by atoms with Crippen LogP contribution in [0.5, 0.6) is 5.75 Å². The van der Waals surface area contributed by atoms with E-state index < -0.39 is 0 Å². The summed E-state index contributed by atoms with van der Waals surface area (Å²) in [5.41, 5.74) is 2.31. The van der Waals surface area contributed by atoms with Crippen molar-refractivity contribution in [3.05, 3.63) is 29.3 Å². The fourth-order valence-electron chi connectivity index (χ4n) is 1.72. The number of rotatable bonds is 1. The predicted octanol–water partition coefficient (Wildman–Crippen LogP) is 1.58. The largest absolute Gasteiger partial charge is 0.492 e. The Balaban J connectivity index is 2.28. The maximum absolute atomic E-state index is 5.66. The van der Waals surface area contributed by atoms with Crippen molar-refractivity contribution < 1.29 is 4.74 Å². The molecule has 1 aromatic rings. The van der Waals surface area contributed by atoms with Gasteiger partial charge in [-0.15, -0.1) is 0 Å². The van der Waals surface area contributed by atoms with E-state index in [0.717, 1.165) is 30.8 Å². The van der Waals surface area contributed by atoms with Crippen molar-refractivity contribution in [2.45, 2.75) is 12.8 Å². The van der Waals surface area contributed by atoms with Gasteiger partial charge in [-0.1, -0.05) is 24.0 Å². The number of hydrogen-bond donors (Lipinski definition) is 1. The van der Waals surface area contributed by atoms with Gasteiger partial charge in [0.05, 0.1) is 18.7 Å². The van der Waals surface area contributed by atoms with E-state index in [-0.39, 0.29) is 0 Å². The molecule has 2 heteroatoms. The summed E-state index contributed by atoms with van der Waals surface area (Å²) in [6.45, 7) is 1.53. The number of hydrogen-bond acceptors (Lipinski definition) is 2.